The Morgan fingerprint density at radius 3 is 2.96 bits per heavy atom. The SMILES string of the molecule is CCCN=CC(=CN)c1nc2c([nH]1)c(=O)n(CCC)c1nccn21. The van der Waals surface area contributed by atoms with Crippen LogP contribution >= 0.6 is 0 Å². The van der Waals surface area contributed by atoms with Crippen LogP contribution in [-0.4, -0.2) is 36.7 Å². The molecule has 0 bridgehead atoms. The second-order valence-electron chi connectivity index (χ2n) is 5.50. The standard InChI is InChI=1S/C16H21N7O/c1-3-5-18-10-11(9-17)13-20-12-14(21-13)22-8-6-19-16(22)23(7-4-2)15(12)24/h6,8-10H,3-5,7,17H2,1-2H3,(H,20,21). The Morgan fingerprint density at radius 1 is 1.42 bits per heavy atom. The summed E-state index contributed by atoms with van der Waals surface area (Å²) in [5, 5.41) is 0. The summed E-state index contributed by atoms with van der Waals surface area (Å²) in [6.45, 7) is 5.39. The number of nitrogens with two attached hydrogens (primary N) is 1. The number of aromatic amines is 1. The average Bonchev–Trinajstić information content (AvgIpc) is 3.22. The van der Waals surface area contributed by atoms with Gasteiger partial charge >= 0.3 is 0 Å². The number of rotatable bonds is 6. The first-order valence-corrected chi connectivity index (χ1v) is 8.08. The van der Waals surface area contributed by atoms with Gasteiger partial charge in [-0.3, -0.25) is 18.8 Å². The van der Waals surface area contributed by atoms with Crippen LogP contribution in [0.4, 0.5) is 0 Å². The first-order chi connectivity index (χ1) is 11.7. The van der Waals surface area contributed by atoms with Crippen molar-refractivity contribution in [3.05, 3.63) is 34.8 Å². The van der Waals surface area contributed by atoms with Crippen LogP contribution in [0, 0.1) is 0 Å². The van der Waals surface area contributed by atoms with Crippen molar-refractivity contribution >= 4 is 28.7 Å². The fourth-order valence-corrected chi connectivity index (χ4v) is 2.61. The molecule has 0 spiro atoms. The minimum absolute atomic E-state index is 0.133. The first kappa shape index (κ1) is 16.0. The van der Waals surface area contributed by atoms with Crippen LogP contribution in [0.25, 0.3) is 22.5 Å². The number of aryl methyl sites for hydroxylation is 1. The van der Waals surface area contributed by atoms with Gasteiger partial charge in [0.25, 0.3) is 5.56 Å². The summed E-state index contributed by atoms with van der Waals surface area (Å²) in [4.78, 5) is 29.0. The van der Waals surface area contributed by atoms with Gasteiger partial charge in [0.15, 0.2) is 11.2 Å². The number of nitrogens with zero attached hydrogens (tertiary/aromatic N) is 5. The van der Waals surface area contributed by atoms with Gasteiger partial charge in [-0.05, 0) is 12.8 Å². The third-order valence-corrected chi connectivity index (χ3v) is 3.72. The van der Waals surface area contributed by atoms with Crippen LogP contribution in [0.15, 0.2) is 28.4 Å². The van der Waals surface area contributed by atoms with Crippen molar-refractivity contribution in [2.24, 2.45) is 10.7 Å². The van der Waals surface area contributed by atoms with E-state index in [1.54, 1.807) is 23.2 Å². The first-order valence-electron chi connectivity index (χ1n) is 8.08. The van der Waals surface area contributed by atoms with E-state index in [2.05, 4.69) is 26.9 Å². The molecular formula is C16H21N7O. The van der Waals surface area contributed by atoms with Crippen LogP contribution in [0.5, 0.6) is 0 Å². The highest BCUT2D eigenvalue weighted by molar-refractivity contribution is 6.08. The summed E-state index contributed by atoms with van der Waals surface area (Å²) in [7, 11) is 0. The van der Waals surface area contributed by atoms with Gasteiger partial charge in [0, 0.05) is 37.9 Å². The van der Waals surface area contributed by atoms with Crippen LogP contribution in [0.3, 0.4) is 0 Å². The Hall–Kier alpha value is -2.90. The molecule has 3 rings (SSSR count). The number of H-pyrrole nitrogens is 1. The smallest absolute Gasteiger partial charge is 0.280 e. The van der Waals surface area contributed by atoms with Gasteiger partial charge < -0.3 is 10.7 Å². The number of hydrogen-bond acceptors (Lipinski definition) is 5. The van der Waals surface area contributed by atoms with E-state index < -0.39 is 0 Å². The molecule has 0 atom stereocenters. The molecule has 8 nitrogen and oxygen atoms in total. The molecule has 0 saturated heterocycles. The summed E-state index contributed by atoms with van der Waals surface area (Å²) in [6, 6.07) is 0. The third-order valence-electron chi connectivity index (χ3n) is 3.72. The molecule has 3 heterocycles. The Morgan fingerprint density at radius 2 is 2.25 bits per heavy atom. The topological polar surface area (TPSA) is 106 Å². The van der Waals surface area contributed by atoms with E-state index >= 15 is 0 Å². The average molecular weight is 327 g/mol. The lowest BCUT2D eigenvalue weighted by Crippen LogP contribution is -2.23. The Labute approximate surface area is 138 Å². The number of allylic oxidation sites excluding steroid dienone is 1. The molecule has 0 aliphatic carbocycles. The third kappa shape index (κ3) is 2.60. The van der Waals surface area contributed by atoms with E-state index in [1.807, 2.05) is 11.3 Å². The molecule has 0 aromatic carbocycles. The lowest BCUT2D eigenvalue weighted by molar-refractivity contribution is 0.663. The molecule has 0 saturated carbocycles. The summed E-state index contributed by atoms with van der Waals surface area (Å²) in [6.07, 6.45) is 8.36. The molecule has 126 valence electrons. The molecule has 3 N–H and O–H groups in total. The van der Waals surface area contributed by atoms with Crippen molar-refractivity contribution in [1.82, 2.24) is 23.9 Å². The zero-order valence-electron chi connectivity index (χ0n) is 13.9. The number of imidazole rings is 2. The highest BCUT2D eigenvalue weighted by Crippen LogP contribution is 2.15. The maximum atomic E-state index is 12.8. The highest BCUT2D eigenvalue weighted by atomic mass is 16.1. The van der Waals surface area contributed by atoms with E-state index in [1.165, 1.54) is 6.20 Å². The zero-order valence-corrected chi connectivity index (χ0v) is 13.9. The van der Waals surface area contributed by atoms with Crippen LogP contribution in [0.1, 0.15) is 32.5 Å². The normalized spacial score (nSPS) is 12.8. The van der Waals surface area contributed by atoms with E-state index in [9.17, 15) is 4.79 Å². The predicted molar refractivity (Wildman–Crippen MR) is 95.2 cm³/mol. The lowest BCUT2D eigenvalue weighted by atomic mass is 10.3. The van der Waals surface area contributed by atoms with E-state index in [4.69, 9.17) is 5.73 Å². The molecule has 0 unspecified atom stereocenters. The minimum atomic E-state index is -0.133. The van der Waals surface area contributed by atoms with E-state index in [-0.39, 0.29) is 5.56 Å². The van der Waals surface area contributed by atoms with Crippen LogP contribution in [-0.2, 0) is 6.54 Å². The summed E-state index contributed by atoms with van der Waals surface area (Å²) in [5.41, 5.74) is 7.19. The van der Waals surface area contributed by atoms with Gasteiger partial charge in [0.2, 0.25) is 5.78 Å². The van der Waals surface area contributed by atoms with Crippen molar-refractivity contribution in [1.29, 1.82) is 0 Å². The molecule has 3 aromatic rings. The molecule has 0 fully saturated rings. The van der Waals surface area contributed by atoms with Gasteiger partial charge in [-0.1, -0.05) is 13.8 Å². The summed E-state index contributed by atoms with van der Waals surface area (Å²) >= 11 is 0. The van der Waals surface area contributed by atoms with E-state index in [0.29, 0.717) is 41.4 Å². The van der Waals surface area contributed by atoms with Gasteiger partial charge in [0.05, 0.1) is 5.57 Å². The molecule has 0 radical (unpaired) electrons. The Balaban J connectivity index is 2.21. The van der Waals surface area contributed by atoms with Crippen LogP contribution in [0.2, 0.25) is 0 Å². The second-order valence-corrected chi connectivity index (χ2v) is 5.50. The largest absolute Gasteiger partial charge is 0.404 e. The lowest BCUT2D eigenvalue weighted by Gasteiger charge is -2.05. The fraction of sp³-hybridized carbons (Fsp3) is 0.375. The molecule has 0 aliphatic rings. The van der Waals surface area contributed by atoms with Crippen molar-refractivity contribution < 1.29 is 0 Å². The fourth-order valence-electron chi connectivity index (χ4n) is 2.61. The number of aromatic nitrogens is 5. The summed E-state index contributed by atoms with van der Waals surface area (Å²) in [5.74, 6) is 1.11. The quantitative estimate of drug-likeness (QED) is 0.670. The van der Waals surface area contributed by atoms with Gasteiger partial charge in [-0.15, -0.1) is 0 Å². The molecule has 0 aliphatic heterocycles. The monoisotopic (exact) mass is 327 g/mol. The van der Waals surface area contributed by atoms with E-state index in [0.717, 1.165) is 12.8 Å². The number of fused-ring (bicyclic) bond motifs is 3. The van der Waals surface area contributed by atoms with Crippen molar-refractivity contribution in [3.8, 4) is 0 Å². The van der Waals surface area contributed by atoms with Gasteiger partial charge in [-0.2, -0.15) is 0 Å². The van der Waals surface area contributed by atoms with Gasteiger partial charge in [-0.25, -0.2) is 9.97 Å². The molecule has 3 aromatic heterocycles. The Bertz CT molecular complexity index is 974. The minimum Gasteiger partial charge on any atom is -0.404 e. The second kappa shape index (κ2) is 6.69. The molecule has 24 heavy (non-hydrogen) atoms. The van der Waals surface area contributed by atoms with Crippen molar-refractivity contribution in [2.75, 3.05) is 6.54 Å². The molecular weight excluding hydrogens is 306 g/mol. The maximum Gasteiger partial charge on any atom is 0.280 e. The highest BCUT2D eigenvalue weighted by Gasteiger charge is 2.16. The maximum absolute atomic E-state index is 12.8. The number of aliphatic imine (C=N–C) groups is 1. The van der Waals surface area contributed by atoms with Crippen molar-refractivity contribution in [2.45, 2.75) is 33.2 Å². The predicted octanol–water partition coefficient (Wildman–Crippen LogP) is 1.56. The zero-order chi connectivity index (χ0) is 17.1. The number of hydrogen-bond donors (Lipinski definition) is 2. The summed E-state index contributed by atoms with van der Waals surface area (Å²) < 4.78 is 3.46. The van der Waals surface area contributed by atoms with Crippen LogP contribution < -0.4 is 11.3 Å². The molecule has 8 heteroatoms. The van der Waals surface area contributed by atoms with Gasteiger partial charge in [0.1, 0.15) is 5.82 Å². The number of nitrogens with one attached hydrogen (secondary N) is 1. The van der Waals surface area contributed by atoms with Crippen molar-refractivity contribution in [3.63, 3.8) is 0 Å². The Kier molecular flexibility index (Phi) is 4.45. The molecule has 0 amide bonds.